The van der Waals surface area contributed by atoms with Crippen LogP contribution in [0.25, 0.3) is 0 Å². The normalized spacial score (nSPS) is 19.4. The van der Waals surface area contributed by atoms with Crippen LogP contribution in [-0.2, 0) is 6.42 Å². The quantitative estimate of drug-likeness (QED) is 0.825. The molecule has 0 atom stereocenters. The summed E-state index contributed by atoms with van der Waals surface area (Å²) in [5, 5.41) is 0. The van der Waals surface area contributed by atoms with E-state index in [0.29, 0.717) is 0 Å². The Balaban J connectivity index is 1.54. The van der Waals surface area contributed by atoms with Crippen LogP contribution in [-0.4, -0.2) is 37.6 Å². The fraction of sp³-hybridized carbons (Fsp3) is 0.600. The summed E-state index contributed by atoms with van der Waals surface area (Å²) in [6.45, 7) is 6.22. The van der Waals surface area contributed by atoms with Crippen LogP contribution in [0.4, 0.5) is 11.4 Å². The maximum Gasteiger partial charge on any atom is 0.0420 e. The molecular formula is C15H23N3. The number of hydrogen-bond donors (Lipinski definition) is 1. The molecule has 1 aromatic rings. The summed E-state index contributed by atoms with van der Waals surface area (Å²) in [7, 11) is 0. The van der Waals surface area contributed by atoms with Crippen LogP contribution in [0.2, 0.25) is 0 Å². The average Bonchev–Trinajstić information content (AvgIpc) is 2.99. The standard InChI is InChI=1S/C15H23N3/c16-14-5-4-13-6-11-18(15(13)12-14)10-3-9-17-7-1-2-8-17/h4-5,12H,1-3,6-11,16H2. The van der Waals surface area contributed by atoms with Crippen LogP contribution < -0.4 is 10.6 Å². The minimum Gasteiger partial charge on any atom is -0.399 e. The second-order valence-corrected chi connectivity index (χ2v) is 5.53. The molecule has 1 aromatic carbocycles. The van der Waals surface area contributed by atoms with Gasteiger partial charge >= 0.3 is 0 Å². The molecular weight excluding hydrogens is 222 g/mol. The van der Waals surface area contributed by atoms with Crippen molar-refractivity contribution in [2.24, 2.45) is 0 Å². The van der Waals surface area contributed by atoms with E-state index in [1.165, 1.54) is 69.7 Å². The Bertz CT molecular complexity index is 410. The first-order valence-electron chi connectivity index (χ1n) is 7.19. The summed E-state index contributed by atoms with van der Waals surface area (Å²) in [4.78, 5) is 5.10. The van der Waals surface area contributed by atoms with Gasteiger partial charge in [0.15, 0.2) is 0 Å². The minimum absolute atomic E-state index is 0.889. The van der Waals surface area contributed by atoms with E-state index in [1.54, 1.807) is 0 Å². The van der Waals surface area contributed by atoms with Gasteiger partial charge in [-0.3, -0.25) is 0 Å². The predicted octanol–water partition coefficient (Wildman–Crippen LogP) is 2.12. The molecule has 3 heteroatoms. The fourth-order valence-electron chi connectivity index (χ4n) is 3.19. The molecule has 2 aliphatic rings. The number of fused-ring (bicyclic) bond motifs is 1. The third-order valence-electron chi connectivity index (χ3n) is 4.20. The number of likely N-dealkylation sites (tertiary alicyclic amines) is 1. The molecule has 0 spiro atoms. The highest BCUT2D eigenvalue weighted by Gasteiger charge is 2.19. The average molecular weight is 245 g/mol. The number of nitrogens with two attached hydrogens (primary N) is 1. The van der Waals surface area contributed by atoms with Gasteiger partial charge in [0.05, 0.1) is 0 Å². The first-order valence-corrected chi connectivity index (χ1v) is 7.19. The highest BCUT2D eigenvalue weighted by atomic mass is 15.2. The summed E-state index contributed by atoms with van der Waals surface area (Å²) >= 11 is 0. The zero-order valence-electron chi connectivity index (χ0n) is 11.1. The molecule has 0 unspecified atom stereocenters. The number of benzene rings is 1. The van der Waals surface area contributed by atoms with Gasteiger partial charge in [-0.2, -0.15) is 0 Å². The molecule has 3 rings (SSSR count). The molecule has 2 heterocycles. The smallest absolute Gasteiger partial charge is 0.0420 e. The monoisotopic (exact) mass is 245 g/mol. The van der Waals surface area contributed by atoms with Gasteiger partial charge in [-0.25, -0.2) is 0 Å². The van der Waals surface area contributed by atoms with Crippen molar-refractivity contribution >= 4 is 11.4 Å². The van der Waals surface area contributed by atoms with Crippen LogP contribution >= 0.6 is 0 Å². The zero-order chi connectivity index (χ0) is 12.4. The van der Waals surface area contributed by atoms with E-state index in [4.69, 9.17) is 5.73 Å². The molecule has 0 aliphatic carbocycles. The SMILES string of the molecule is Nc1ccc2c(c1)N(CCCN1CCCC1)CC2. The van der Waals surface area contributed by atoms with Gasteiger partial charge in [0.2, 0.25) is 0 Å². The Hall–Kier alpha value is -1.22. The zero-order valence-corrected chi connectivity index (χ0v) is 11.1. The van der Waals surface area contributed by atoms with Crippen LogP contribution in [0.3, 0.4) is 0 Å². The molecule has 3 nitrogen and oxygen atoms in total. The molecule has 2 N–H and O–H groups in total. The van der Waals surface area contributed by atoms with E-state index in [9.17, 15) is 0 Å². The summed E-state index contributed by atoms with van der Waals surface area (Å²) in [5.41, 5.74) is 9.61. The lowest BCUT2D eigenvalue weighted by molar-refractivity contribution is 0.335. The van der Waals surface area contributed by atoms with Gasteiger partial charge < -0.3 is 15.5 Å². The lowest BCUT2D eigenvalue weighted by atomic mass is 10.1. The van der Waals surface area contributed by atoms with E-state index < -0.39 is 0 Å². The van der Waals surface area contributed by atoms with Gasteiger partial charge in [-0.05, 0) is 63.0 Å². The summed E-state index contributed by atoms with van der Waals surface area (Å²) in [5.74, 6) is 0. The van der Waals surface area contributed by atoms with Gasteiger partial charge in [-0.1, -0.05) is 6.07 Å². The molecule has 0 bridgehead atoms. The Kier molecular flexibility index (Phi) is 3.41. The second-order valence-electron chi connectivity index (χ2n) is 5.53. The number of rotatable bonds is 4. The van der Waals surface area contributed by atoms with E-state index in [1.807, 2.05) is 6.07 Å². The molecule has 1 fully saturated rings. The minimum atomic E-state index is 0.889. The van der Waals surface area contributed by atoms with Crippen molar-refractivity contribution < 1.29 is 0 Å². The van der Waals surface area contributed by atoms with Gasteiger partial charge in [-0.15, -0.1) is 0 Å². The van der Waals surface area contributed by atoms with Crippen LogP contribution in [0.5, 0.6) is 0 Å². The third-order valence-corrected chi connectivity index (χ3v) is 4.20. The van der Waals surface area contributed by atoms with Crippen molar-refractivity contribution in [3.8, 4) is 0 Å². The lowest BCUT2D eigenvalue weighted by Crippen LogP contribution is -2.27. The molecule has 18 heavy (non-hydrogen) atoms. The van der Waals surface area contributed by atoms with Crippen molar-refractivity contribution in [3.05, 3.63) is 23.8 Å². The fourth-order valence-corrected chi connectivity index (χ4v) is 3.19. The van der Waals surface area contributed by atoms with Crippen molar-refractivity contribution in [2.45, 2.75) is 25.7 Å². The largest absolute Gasteiger partial charge is 0.399 e. The summed E-state index contributed by atoms with van der Waals surface area (Å²) in [6, 6.07) is 6.34. The molecule has 0 radical (unpaired) electrons. The van der Waals surface area contributed by atoms with Crippen molar-refractivity contribution in [1.29, 1.82) is 0 Å². The maximum absolute atomic E-state index is 5.89. The van der Waals surface area contributed by atoms with Gasteiger partial charge in [0.25, 0.3) is 0 Å². The molecule has 0 aromatic heterocycles. The molecule has 1 saturated heterocycles. The first-order chi connectivity index (χ1) is 8.83. The molecule has 98 valence electrons. The number of nitrogens with zero attached hydrogens (tertiary/aromatic N) is 2. The Labute approximate surface area is 110 Å². The van der Waals surface area contributed by atoms with Crippen LogP contribution in [0.15, 0.2) is 18.2 Å². The van der Waals surface area contributed by atoms with Crippen LogP contribution in [0, 0.1) is 0 Å². The topological polar surface area (TPSA) is 32.5 Å². The summed E-state index contributed by atoms with van der Waals surface area (Å²) in [6.07, 6.45) is 5.24. The third kappa shape index (κ3) is 2.46. The summed E-state index contributed by atoms with van der Waals surface area (Å²) < 4.78 is 0. The van der Waals surface area contributed by atoms with Crippen LogP contribution in [0.1, 0.15) is 24.8 Å². The molecule has 0 amide bonds. The van der Waals surface area contributed by atoms with E-state index >= 15 is 0 Å². The highest BCUT2D eigenvalue weighted by molar-refractivity contribution is 5.64. The van der Waals surface area contributed by atoms with Gasteiger partial charge in [0.1, 0.15) is 0 Å². The number of hydrogen-bond acceptors (Lipinski definition) is 3. The number of nitrogen functional groups attached to an aromatic ring is 1. The lowest BCUT2D eigenvalue weighted by Gasteiger charge is -2.21. The maximum atomic E-state index is 5.89. The number of anilines is 2. The molecule has 2 aliphatic heterocycles. The Morgan fingerprint density at radius 2 is 1.89 bits per heavy atom. The van der Waals surface area contributed by atoms with E-state index in [2.05, 4.69) is 21.9 Å². The Morgan fingerprint density at radius 3 is 2.72 bits per heavy atom. The highest BCUT2D eigenvalue weighted by Crippen LogP contribution is 2.29. The Morgan fingerprint density at radius 1 is 1.06 bits per heavy atom. The van der Waals surface area contributed by atoms with Crippen molar-refractivity contribution in [2.75, 3.05) is 43.4 Å². The second kappa shape index (κ2) is 5.19. The predicted molar refractivity (Wildman–Crippen MR) is 77.1 cm³/mol. The van der Waals surface area contributed by atoms with Gasteiger partial charge in [0, 0.05) is 24.5 Å². The first kappa shape index (κ1) is 11.8. The van der Waals surface area contributed by atoms with Crippen molar-refractivity contribution in [3.63, 3.8) is 0 Å². The van der Waals surface area contributed by atoms with Crippen molar-refractivity contribution in [1.82, 2.24) is 4.90 Å². The van der Waals surface area contributed by atoms with E-state index in [0.717, 1.165) is 5.69 Å². The molecule has 0 saturated carbocycles. The van der Waals surface area contributed by atoms with E-state index in [-0.39, 0.29) is 0 Å².